The lowest BCUT2D eigenvalue weighted by atomic mass is 10.3. The van der Waals surface area contributed by atoms with Gasteiger partial charge in [-0.15, -0.1) is 11.6 Å². The normalized spacial score (nSPS) is 12.3. The molecular weight excluding hydrogens is 300 g/mol. The molecule has 0 atom stereocenters. The van der Waals surface area contributed by atoms with Gasteiger partial charge in [0.05, 0.1) is 16.4 Å². The highest BCUT2D eigenvalue weighted by atomic mass is 35.5. The number of halogens is 5. The van der Waals surface area contributed by atoms with E-state index in [-0.39, 0.29) is 18.8 Å². The number of aromatic nitrogens is 2. The Bertz CT molecular complexity index is 578. The van der Waals surface area contributed by atoms with Crippen molar-refractivity contribution in [1.82, 2.24) is 9.55 Å². The fraction of sp³-hybridized carbons (Fsp3) is 0.417. The number of hydrogen-bond donors (Lipinski definition) is 0. The van der Waals surface area contributed by atoms with Crippen LogP contribution in [0.2, 0.25) is 5.02 Å². The van der Waals surface area contributed by atoms with E-state index >= 15 is 0 Å². The first-order valence-electron chi connectivity index (χ1n) is 5.68. The minimum atomic E-state index is -4.14. The Balaban J connectivity index is 2.28. The molecular formula is C12H11Cl2F3N2. The second kappa shape index (κ2) is 5.59. The van der Waals surface area contributed by atoms with Gasteiger partial charge in [0, 0.05) is 13.0 Å². The van der Waals surface area contributed by atoms with Crippen molar-refractivity contribution in [3.8, 4) is 0 Å². The SMILES string of the molecule is FC(F)(F)CCCn1c(CCl)nc2c(Cl)cccc21. The van der Waals surface area contributed by atoms with E-state index in [1.54, 1.807) is 22.8 Å². The third kappa shape index (κ3) is 3.34. The molecule has 0 unspecified atom stereocenters. The molecule has 0 N–H and O–H groups in total. The average molecular weight is 311 g/mol. The second-order valence-electron chi connectivity index (χ2n) is 4.14. The lowest BCUT2D eigenvalue weighted by molar-refractivity contribution is -0.135. The Kier molecular flexibility index (Phi) is 4.26. The summed E-state index contributed by atoms with van der Waals surface area (Å²) in [5, 5.41) is 0.471. The van der Waals surface area contributed by atoms with Crippen molar-refractivity contribution in [1.29, 1.82) is 0 Å². The van der Waals surface area contributed by atoms with Gasteiger partial charge in [-0.1, -0.05) is 17.7 Å². The molecule has 0 bridgehead atoms. The van der Waals surface area contributed by atoms with Gasteiger partial charge in [-0.25, -0.2) is 4.98 Å². The minimum Gasteiger partial charge on any atom is -0.327 e. The summed E-state index contributed by atoms with van der Waals surface area (Å²) in [6.45, 7) is 0.221. The summed E-state index contributed by atoms with van der Waals surface area (Å²) in [6.07, 6.45) is -4.98. The Morgan fingerprint density at radius 1 is 1.26 bits per heavy atom. The van der Waals surface area contributed by atoms with Crippen LogP contribution in [0.1, 0.15) is 18.7 Å². The zero-order valence-electron chi connectivity index (χ0n) is 9.84. The zero-order chi connectivity index (χ0) is 14.0. The van der Waals surface area contributed by atoms with Crippen LogP contribution >= 0.6 is 23.2 Å². The number of nitrogens with zero attached hydrogens (tertiary/aromatic N) is 2. The molecule has 2 nitrogen and oxygen atoms in total. The van der Waals surface area contributed by atoms with Crippen LogP contribution in [0.25, 0.3) is 11.0 Å². The van der Waals surface area contributed by atoms with Crippen LogP contribution in [0.4, 0.5) is 13.2 Å². The molecule has 2 rings (SSSR count). The van der Waals surface area contributed by atoms with Gasteiger partial charge in [0.15, 0.2) is 0 Å². The number of aryl methyl sites for hydroxylation is 1. The molecule has 1 aromatic carbocycles. The highest BCUT2D eigenvalue weighted by Crippen LogP contribution is 2.26. The van der Waals surface area contributed by atoms with Gasteiger partial charge in [-0.3, -0.25) is 0 Å². The highest BCUT2D eigenvalue weighted by Gasteiger charge is 2.26. The van der Waals surface area contributed by atoms with E-state index in [0.717, 1.165) is 0 Å². The fourth-order valence-corrected chi connectivity index (χ4v) is 2.37. The average Bonchev–Trinajstić information content (AvgIpc) is 2.68. The molecule has 7 heteroatoms. The first-order valence-corrected chi connectivity index (χ1v) is 6.60. The third-order valence-electron chi connectivity index (χ3n) is 2.77. The van der Waals surface area contributed by atoms with Gasteiger partial charge in [0.2, 0.25) is 0 Å². The van der Waals surface area contributed by atoms with Crippen molar-refractivity contribution in [2.24, 2.45) is 0 Å². The first-order chi connectivity index (χ1) is 8.92. The highest BCUT2D eigenvalue weighted by molar-refractivity contribution is 6.34. The summed E-state index contributed by atoms with van der Waals surface area (Å²) < 4.78 is 38.2. The summed E-state index contributed by atoms with van der Waals surface area (Å²) in [6, 6.07) is 5.21. The van der Waals surface area contributed by atoms with E-state index < -0.39 is 12.6 Å². The van der Waals surface area contributed by atoms with Gasteiger partial charge in [0.1, 0.15) is 11.3 Å². The van der Waals surface area contributed by atoms with Gasteiger partial charge < -0.3 is 4.57 Å². The molecule has 0 radical (unpaired) electrons. The zero-order valence-corrected chi connectivity index (χ0v) is 11.4. The van der Waals surface area contributed by atoms with Crippen LogP contribution in [0, 0.1) is 0 Å². The molecule has 0 aliphatic rings. The van der Waals surface area contributed by atoms with Crippen LogP contribution in [-0.2, 0) is 12.4 Å². The molecule has 0 amide bonds. The Labute approximate surface area is 118 Å². The maximum Gasteiger partial charge on any atom is 0.389 e. The molecule has 0 aliphatic carbocycles. The van der Waals surface area contributed by atoms with Crippen LogP contribution in [0.3, 0.4) is 0 Å². The van der Waals surface area contributed by atoms with E-state index in [2.05, 4.69) is 4.98 Å². The largest absolute Gasteiger partial charge is 0.389 e. The predicted molar refractivity (Wildman–Crippen MR) is 69.6 cm³/mol. The van der Waals surface area contributed by atoms with Crippen molar-refractivity contribution in [3.63, 3.8) is 0 Å². The van der Waals surface area contributed by atoms with E-state index in [1.807, 2.05) is 0 Å². The van der Waals surface area contributed by atoms with E-state index in [9.17, 15) is 13.2 Å². The van der Waals surface area contributed by atoms with Crippen molar-refractivity contribution < 1.29 is 13.2 Å². The molecule has 19 heavy (non-hydrogen) atoms. The molecule has 104 valence electrons. The summed E-state index contributed by atoms with van der Waals surface area (Å²) in [5.74, 6) is 0.670. The molecule has 0 saturated heterocycles. The number of imidazole rings is 1. The van der Waals surface area contributed by atoms with E-state index in [0.29, 0.717) is 21.9 Å². The number of rotatable bonds is 4. The van der Waals surface area contributed by atoms with Crippen molar-refractivity contribution >= 4 is 34.2 Å². The van der Waals surface area contributed by atoms with Crippen LogP contribution in [0.15, 0.2) is 18.2 Å². The molecule has 0 aliphatic heterocycles. The first kappa shape index (κ1) is 14.5. The molecule has 2 aromatic rings. The quantitative estimate of drug-likeness (QED) is 0.744. The maximum atomic E-state index is 12.2. The maximum absolute atomic E-state index is 12.2. The van der Waals surface area contributed by atoms with Crippen molar-refractivity contribution in [2.45, 2.75) is 31.4 Å². The summed E-state index contributed by atoms with van der Waals surface area (Å²) in [5.41, 5.74) is 1.29. The standard InChI is InChI=1S/C12H11Cl2F3N2/c13-7-10-18-11-8(14)3-1-4-9(11)19(10)6-2-5-12(15,16)17/h1,3-4H,2,5-7H2. The smallest absolute Gasteiger partial charge is 0.327 e. The number of benzene rings is 1. The Morgan fingerprint density at radius 3 is 2.63 bits per heavy atom. The lowest BCUT2D eigenvalue weighted by Gasteiger charge is -2.09. The number of alkyl halides is 4. The van der Waals surface area contributed by atoms with E-state index in [1.165, 1.54) is 0 Å². The second-order valence-corrected chi connectivity index (χ2v) is 4.81. The molecule has 0 spiro atoms. The summed E-state index contributed by atoms with van der Waals surface area (Å²) in [4.78, 5) is 4.26. The number of para-hydroxylation sites is 1. The lowest BCUT2D eigenvalue weighted by Crippen LogP contribution is -2.10. The summed E-state index contributed by atoms with van der Waals surface area (Å²) in [7, 11) is 0. The van der Waals surface area contributed by atoms with Gasteiger partial charge in [-0.05, 0) is 18.6 Å². The number of hydrogen-bond acceptors (Lipinski definition) is 1. The van der Waals surface area contributed by atoms with Gasteiger partial charge >= 0.3 is 6.18 Å². The third-order valence-corrected chi connectivity index (χ3v) is 3.31. The topological polar surface area (TPSA) is 17.8 Å². The van der Waals surface area contributed by atoms with Crippen LogP contribution in [0.5, 0.6) is 0 Å². The Morgan fingerprint density at radius 2 is 2.00 bits per heavy atom. The van der Waals surface area contributed by atoms with Crippen LogP contribution in [-0.4, -0.2) is 15.7 Å². The molecule has 0 fully saturated rings. The van der Waals surface area contributed by atoms with E-state index in [4.69, 9.17) is 23.2 Å². The molecule has 0 saturated carbocycles. The van der Waals surface area contributed by atoms with Gasteiger partial charge in [-0.2, -0.15) is 13.2 Å². The van der Waals surface area contributed by atoms with Gasteiger partial charge in [0.25, 0.3) is 0 Å². The minimum absolute atomic E-state index is 0.00857. The predicted octanol–water partition coefficient (Wildman–Crippen LogP) is 4.77. The number of fused-ring (bicyclic) bond motifs is 1. The Hall–Kier alpha value is -0.940. The fourth-order valence-electron chi connectivity index (χ4n) is 1.95. The summed E-state index contributed by atoms with van der Waals surface area (Å²) >= 11 is 11.8. The monoisotopic (exact) mass is 310 g/mol. The molecule has 1 heterocycles. The van der Waals surface area contributed by atoms with Crippen molar-refractivity contribution in [3.05, 3.63) is 29.0 Å². The molecule has 1 aromatic heterocycles. The van der Waals surface area contributed by atoms with Crippen molar-refractivity contribution in [2.75, 3.05) is 0 Å². The van der Waals surface area contributed by atoms with Crippen LogP contribution < -0.4 is 0 Å².